The molecule has 0 saturated carbocycles. The van der Waals surface area contributed by atoms with Crippen LogP contribution in [0.3, 0.4) is 0 Å². The maximum absolute atomic E-state index is 5.42. The number of nitrogens with one attached hydrogen (secondary N) is 1. The van der Waals surface area contributed by atoms with Crippen molar-refractivity contribution in [2.45, 2.75) is 77.7 Å². The zero-order chi connectivity index (χ0) is 15.4. The fourth-order valence-electron chi connectivity index (χ4n) is 3.17. The topological polar surface area (TPSA) is 24.5 Å². The Kier molecular flexibility index (Phi) is 10.3. The van der Waals surface area contributed by atoms with Crippen molar-refractivity contribution in [3.63, 3.8) is 0 Å². The Morgan fingerprint density at radius 3 is 2.05 bits per heavy atom. The molecule has 0 unspecified atom stereocenters. The molecular weight excluding hydrogens is 260 g/mol. The third-order valence-corrected chi connectivity index (χ3v) is 4.75. The summed E-state index contributed by atoms with van der Waals surface area (Å²) in [6.07, 6.45) is 10.8. The zero-order valence-corrected chi connectivity index (χ0v) is 14.8. The van der Waals surface area contributed by atoms with Gasteiger partial charge in [0.2, 0.25) is 0 Å². The molecule has 0 bridgehead atoms. The highest BCUT2D eigenvalue weighted by molar-refractivity contribution is 4.83. The van der Waals surface area contributed by atoms with Crippen LogP contribution in [0.15, 0.2) is 0 Å². The van der Waals surface area contributed by atoms with Gasteiger partial charge in [0, 0.05) is 31.7 Å². The molecule has 1 aliphatic heterocycles. The van der Waals surface area contributed by atoms with E-state index < -0.39 is 0 Å². The lowest BCUT2D eigenvalue weighted by atomic mass is 9.88. The SMILES string of the molecule is CCCCCC(C)(CCCCC)NCCN1CCOCC1. The molecule has 1 fully saturated rings. The Bertz CT molecular complexity index is 229. The third kappa shape index (κ3) is 8.80. The van der Waals surface area contributed by atoms with Crippen LogP contribution in [-0.2, 0) is 4.74 Å². The van der Waals surface area contributed by atoms with Crippen molar-refractivity contribution in [2.75, 3.05) is 39.4 Å². The highest BCUT2D eigenvalue weighted by Gasteiger charge is 2.22. The summed E-state index contributed by atoms with van der Waals surface area (Å²) in [5, 5.41) is 3.88. The lowest BCUT2D eigenvalue weighted by molar-refractivity contribution is 0.0373. The Morgan fingerprint density at radius 2 is 1.52 bits per heavy atom. The smallest absolute Gasteiger partial charge is 0.0594 e. The molecule has 0 aliphatic carbocycles. The summed E-state index contributed by atoms with van der Waals surface area (Å²) < 4.78 is 5.42. The number of hydrogen-bond acceptors (Lipinski definition) is 3. The van der Waals surface area contributed by atoms with E-state index in [9.17, 15) is 0 Å². The van der Waals surface area contributed by atoms with E-state index in [0.29, 0.717) is 5.54 Å². The van der Waals surface area contributed by atoms with Crippen molar-refractivity contribution in [2.24, 2.45) is 0 Å². The highest BCUT2D eigenvalue weighted by atomic mass is 16.5. The quantitative estimate of drug-likeness (QED) is 0.554. The number of unbranched alkanes of at least 4 members (excludes halogenated alkanes) is 4. The van der Waals surface area contributed by atoms with Crippen LogP contribution in [0, 0.1) is 0 Å². The van der Waals surface area contributed by atoms with Crippen LogP contribution < -0.4 is 5.32 Å². The molecule has 3 nitrogen and oxygen atoms in total. The van der Waals surface area contributed by atoms with Gasteiger partial charge in [0.05, 0.1) is 13.2 Å². The van der Waals surface area contributed by atoms with E-state index in [1.54, 1.807) is 0 Å². The standard InChI is InChI=1S/C18H38N2O/c1-4-6-8-10-18(3,11-9-7-5-2)19-12-13-20-14-16-21-17-15-20/h19H,4-17H2,1-3H3. The molecule has 0 aromatic rings. The number of nitrogens with zero attached hydrogens (tertiary/aromatic N) is 1. The second-order valence-corrected chi connectivity index (χ2v) is 6.86. The number of morpholine rings is 1. The molecular formula is C18H38N2O. The maximum Gasteiger partial charge on any atom is 0.0594 e. The number of rotatable bonds is 12. The van der Waals surface area contributed by atoms with E-state index in [1.165, 1.54) is 57.9 Å². The van der Waals surface area contributed by atoms with E-state index in [-0.39, 0.29) is 0 Å². The van der Waals surface area contributed by atoms with Crippen molar-refractivity contribution < 1.29 is 4.74 Å². The molecule has 1 rings (SSSR count). The van der Waals surface area contributed by atoms with Crippen LogP contribution in [0.25, 0.3) is 0 Å². The van der Waals surface area contributed by atoms with Crippen molar-refractivity contribution in [1.29, 1.82) is 0 Å². The summed E-state index contributed by atoms with van der Waals surface area (Å²) in [5.74, 6) is 0. The van der Waals surface area contributed by atoms with Crippen LogP contribution in [0.1, 0.15) is 72.1 Å². The minimum Gasteiger partial charge on any atom is -0.379 e. The summed E-state index contributed by atoms with van der Waals surface area (Å²) in [5.41, 5.74) is 0.344. The first kappa shape index (κ1) is 18.9. The van der Waals surface area contributed by atoms with E-state index in [4.69, 9.17) is 4.74 Å². The second kappa shape index (κ2) is 11.4. The monoisotopic (exact) mass is 298 g/mol. The fraction of sp³-hybridized carbons (Fsp3) is 1.00. The second-order valence-electron chi connectivity index (χ2n) is 6.86. The van der Waals surface area contributed by atoms with Crippen LogP contribution in [0.4, 0.5) is 0 Å². The highest BCUT2D eigenvalue weighted by Crippen LogP contribution is 2.22. The minimum absolute atomic E-state index is 0.344. The van der Waals surface area contributed by atoms with Crippen LogP contribution in [0.5, 0.6) is 0 Å². The van der Waals surface area contributed by atoms with Gasteiger partial charge >= 0.3 is 0 Å². The predicted molar refractivity (Wildman–Crippen MR) is 92.0 cm³/mol. The Labute approximate surface area is 132 Å². The molecule has 1 N–H and O–H groups in total. The normalized spacial score (nSPS) is 17.3. The van der Waals surface area contributed by atoms with E-state index in [0.717, 1.165) is 32.8 Å². The molecule has 0 aromatic heterocycles. The lowest BCUT2D eigenvalue weighted by Gasteiger charge is -2.33. The fourth-order valence-corrected chi connectivity index (χ4v) is 3.17. The first-order chi connectivity index (χ1) is 10.2. The summed E-state index contributed by atoms with van der Waals surface area (Å²) in [6, 6.07) is 0. The number of ether oxygens (including phenoxy) is 1. The van der Waals surface area contributed by atoms with Crippen molar-refractivity contribution in [3.05, 3.63) is 0 Å². The largest absolute Gasteiger partial charge is 0.379 e. The van der Waals surface area contributed by atoms with Crippen molar-refractivity contribution in [3.8, 4) is 0 Å². The molecule has 1 aliphatic rings. The van der Waals surface area contributed by atoms with Crippen molar-refractivity contribution in [1.82, 2.24) is 10.2 Å². The van der Waals surface area contributed by atoms with Crippen LogP contribution >= 0.6 is 0 Å². The zero-order valence-electron chi connectivity index (χ0n) is 14.8. The van der Waals surface area contributed by atoms with Gasteiger partial charge < -0.3 is 10.1 Å². The Balaban J connectivity index is 2.28. The van der Waals surface area contributed by atoms with Gasteiger partial charge in [-0.1, -0.05) is 52.4 Å². The summed E-state index contributed by atoms with van der Waals surface area (Å²) >= 11 is 0. The summed E-state index contributed by atoms with van der Waals surface area (Å²) in [7, 11) is 0. The van der Waals surface area contributed by atoms with Crippen molar-refractivity contribution >= 4 is 0 Å². The molecule has 126 valence electrons. The Morgan fingerprint density at radius 1 is 0.952 bits per heavy atom. The van der Waals surface area contributed by atoms with Gasteiger partial charge in [0.25, 0.3) is 0 Å². The maximum atomic E-state index is 5.42. The van der Waals surface area contributed by atoms with E-state index >= 15 is 0 Å². The first-order valence-electron chi connectivity index (χ1n) is 9.25. The van der Waals surface area contributed by atoms with E-state index in [1.807, 2.05) is 0 Å². The summed E-state index contributed by atoms with van der Waals surface area (Å²) in [4.78, 5) is 2.52. The Hall–Kier alpha value is -0.120. The molecule has 0 atom stereocenters. The van der Waals surface area contributed by atoms with Gasteiger partial charge in [0.15, 0.2) is 0 Å². The first-order valence-corrected chi connectivity index (χ1v) is 9.25. The average Bonchev–Trinajstić information content (AvgIpc) is 2.49. The van der Waals surface area contributed by atoms with Crippen LogP contribution in [-0.4, -0.2) is 49.8 Å². The molecule has 3 heteroatoms. The molecule has 0 aromatic carbocycles. The van der Waals surface area contributed by atoms with E-state index in [2.05, 4.69) is 31.0 Å². The predicted octanol–water partition coefficient (Wildman–Crippen LogP) is 3.83. The summed E-state index contributed by atoms with van der Waals surface area (Å²) in [6.45, 7) is 13.3. The van der Waals surface area contributed by atoms with Gasteiger partial charge in [-0.25, -0.2) is 0 Å². The molecule has 21 heavy (non-hydrogen) atoms. The molecule has 0 radical (unpaired) electrons. The van der Waals surface area contributed by atoms with Crippen LogP contribution in [0.2, 0.25) is 0 Å². The molecule has 1 heterocycles. The van der Waals surface area contributed by atoms with Gasteiger partial charge in [-0.15, -0.1) is 0 Å². The lowest BCUT2D eigenvalue weighted by Crippen LogP contribution is -2.47. The number of hydrogen-bond donors (Lipinski definition) is 1. The van der Waals surface area contributed by atoms with Gasteiger partial charge in [0.1, 0.15) is 0 Å². The van der Waals surface area contributed by atoms with Gasteiger partial charge in [-0.2, -0.15) is 0 Å². The average molecular weight is 299 g/mol. The molecule has 0 amide bonds. The molecule has 1 saturated heterocycles. The third-order valence-electron chi connectivity index (χ3n) is 4.75. The molecule has 0 spiro atoms. The minimum atomic E-state index is 0.344. The van der Waals surface area contributed by atoms with Gasteiger partial charge in [-0.05, 0) is 19.8 Å². The van der Waals surface area contributed by atoms with Gasteiger partial charge in [-0.3, -0.25) is 4.90 Å².